The summed E-state index contributed by atoms with van der Waals surface area (Å²) in [5, 5.41) is 11.5. The second kappa shape index (κ2) is 7.94. The number of nitrogens with one attached hydrogen (secondary N) is 1. The van der Waals surface area contributed by atoms with Crippen LogP contribution in [-0.2, 0) is 6.54 Å². The van der Waals surface area contributed by atoms with Crippen LogP contribution in [0.4, 0.5) is 5.82 Å². The Morgan fingerprint density at radius 1 is 1.31 bits per heavy atom. The molecule has 1 atom stereocenters. The van der Waals surface area contributed by atoms with Crippen LogP contribution in [-0.4, -0.2) is 28.4 Å². The van der Waals surface area contributed by atoms with Crippen molar-refractivity contribution in [2.24, 2.45) is 5.92 Å². The van der Waals surface area contributed by atoms with E-state index in [1.165, 1.54) is 11.8 Å². The molecule has 1 amide bonds. The van der Waals surface area contributed by atoms with Crippen LogP contribution in [0.5, 0.6) is 0 Å². The van der Waals surface area contributed by atoms with Gasteiger partial charge >= 0.3 is 0 Å². The molecule has 132 valence electrons. The minimum Gasteiger partial charge on any atom is -0.307 e. The molecule has 1 aliphatic heterocycles. The first-order chi connectivity index (χ1) is 12.6. The highest BCUT2D eigenvalue weighted by molar-refractivity contribution is 6.03. The van der Waals surface area contributed by atoms with Crippen LogP contribution < -0.4 is 5.32 Å². The lowest BCUT2D eigenvalue weighted by Gasteiger charge is -2.27. The molecule has 1 N–H and O–H groups in total. The number of hydrogen-bond donors (Lipinski definition) is 1. The van der Waals surface area contributed by atoms with E-state index in [4.69, 9.17) is 5.26 Å². The monoisotopic (exact) mass is 346 g/mol. The van der Waals surface area contributed by atoms with E-state index < -0.39 is 0 Å². The van der Waals surface area contributed by atoms with Crippen molar-refractivity contribution in [1.29, 1.82) is 5.26 Å². The molecule has 0 saturated carbocycles. The Hall–Kier alpha value is -2.97. The summed E-state index contributed by atoms with van der Waals surface area (Å²) >= 11 is 0. The number of benzene rings is 1. The fourth-order valence-corrected chi connectivity index (χ4v) is 3.11. The highest BCUT2D eigenvalue weighted by Gasteiger charge is 2.22. The lowest BCUT2D eigenvalue weighted by molar-refractivity contribution is 0.102. The fourth-order valence-electron chi connectivity index (χ4n) is 3.11. The first-order valence-corrected chi connectivity index (χ1v) is 8.74. The maximum Gasteiger partial charge on any atom is 0.256 e. The van der Waals surface area contributed by atoms with Crippen LogP contribution in [0.2, 0.25) is 0 Å². The van der Waals surface area contributed by atoms with Gasteiger partial charge in [-0.1, -0.05) is 38.1 Å². The minimum atomic E-state index is -0.211. The zero-order valence-corrected chi connectivity index (χ0v) is 15.0. The molecule has 2 heterocycles. The Kier molecular flexibility index (Phi) is 5.45. The van der Waals surface area contributed by atoms with E-state index in [9.17, 15) is 4.79 Å². The lowest BCUT2D eigenvalue weighted by Crippen LogP contribution is -2.33. The van der Waals surface area contributed by atoms with Gasteiger partial charge in [0.2, 0.25) is 0 Å². The molecule has 0 spiro atoms. The predicted molar refractivity (Wildman–Crippen MR) is 102 cm³/mol. The number of nitrogens with zero attached hydrogens (tertiary/aromatic N) is 3. The maximum atomic E-state index is 12.3. The van der Waals surface area contributed by atoms with Gasteiger partial charge < -0.3 is 5.32 Å². The third kappa shape index (κ3) is 4.16. The summed E-state index contributed by atoms with van der Waals surface area (Å²) in [7, 11) is 0. The van der Waals surface area contributed by atoms with Crippen molar-refractivity contribution in [2.45, 2.75) is 26.4 Å². The van der Waals surface area contributed by atoms with Crippen molar-refractivity contribution in [3.63, 3.8) is 0 Å². The number of amides is 1. The second-order valence-corrected chi connectivity index (χ2v) is 6.79. The Morgan fingerprint density at radius 3 is 2.69 bits per heavy atom. The summed E-state index contributed by atoms with van der Waals surface area (Å²) in [5.74, 6) is 0.802. The van der Waals surface area contributed by atoms with Gasteiger partial charge in [0.1, 0.15) is 11.9 Å². The smallest absolute Gasteiger partial charge is 0.256 e. The summed E-state index contributed by atoms with van der Waals surface area (Å²) in [6, 6.07) is 13.4. The predicted octanol–water partition coefficient (Wildman–Crippen LogP) is 3.60. The molecule has 26 heavy (non-hydrogen) atoms. The molecule has 5 heteroatoms. The van der Waals surface area contributed by atoms with Gasteiger partial charge in [0.25, 0.3) is 5.91 Å². The van der Waals surface area contributed by atoms with Crippen LogP contribution in [0.25, 0.3) is 0 Å². The fraction of sp³-hybridized carbons (Fsp3) is 0.286. The largest absolute Gasteiger partial charge is 0.307 e. The van der Waals surface area contributed by atoms with Crippen LogP contribution >= 0.6 is 0 Å². The zero-order valence-electron chi connectivity index (χ0n) is 15.0. The molecule has 5 nitrogen and oxygen atoms in total. The molecule has 2 aromatic rings. The first kappa shape index (κ1) is 17.8. The van der Waals surface area contributed by atoms with Gasteiger partial charge in [-0.3, -0.25) is 9.69 Å². The topological polar surface area (TPSA) is 69.0 Å². The summed E-state index contributed by atoms with van der Waals surface area (Å²) in [6.45, 7) is 6.31. The lowest BCUT2D eigenvalue weighted by atomic mass is 10.0. The van der Waals surface area contributed by atoms with E-state index in [0.717, 1.165) is 13.1 Å². The Labute approximate surface area is 154 Å². The van der Waals surface area contributed by atoms with Gasteiger partial charge in [0, 0.05) is 30.9 Å². The highest BCUT2D eigenvalue weighted by Crippen LogP contribution is 2.20. The Morgan fingerprint density at radius 2 is 2.08 bits per heavy atom. The average molecular weight is 346 g/mol. The SMILES string of the molecule is CC(C)[C@@H]1C=CCN1Cc1ccc(C(=O)Nc2ccc(C#N)cn2)cc1. The molecule has 0 fully saturated rings. The maximum absolute atomic E-state index is 12.3. The van der Waals surface area contributed by atoms with Gasteiger partial charge in [0.05, 0.1) is 5.56 Å². The molecule has 1 aliphatic rings. The van der Waals surface area contributed by atoms with E-state index in [-0.39, 0.29) is 5.91 Å². The second-order valence-electron chi connectivity index (χ2n) is 6.79. The summed E-state index contributed by atoms with van der Waals surface area (Å²) < 4.78 is 0. The minimum absolute atomic E-state index is 0.211. The van der Waals surface area contributed by atoms with E-state index in [1.54, 1.807) is 12.1 Å². The van der Waals surface area contributed by atoms with Crippen LogP contribution in [0.15, 0.2) is 54.7 Å². The summed E-state index contributed by atoms with van der Waals surface area (Å²) in [6.07, 6.45) is 5.93. The van der Waals surface area contributed by atoms with E-state index in [2.05, 4.69) is 41.2 Å². The van der Waals surface area contributed by atoms with Crippen molar-refractivity contribution >= 4 is 11.7 Å². The van der Waals surface area contributed by atoms with Gasteiger partial charge in [-0.15, -0.1) is 0 Å². The van der Waals surface area contributed by atoms with E-state index in [0.29, 0.717) is 28.9 Å². The quantitative estimate of drug-likeness (QED) is 0.840. The van der Waals surface area contributed by atoms with Gasteiger partial charge in [-0.2, -0.15) is 5.26 Å². The van der Waals surface area contributed by atoms with Crippen molar-refractivity contribution in [3.8, 4) is 6.07 Å². The van der Waals surface area contributed by atoms with E-state index in [1.807, 2.05) is 30.3 Å². The van der Waals surface area contributed by atoms with Crippen molar-refractivity contribution in [2.75, 3.05) is 11.9 Å². The Balaban J connectivity index is 1.61. The van der Waals surface area contributed by atoms with Crippen LogP contribution in [0, 0.1) is 17.2 Å². The third-order valence-corrected chi connectivity index (χ3v) is 4.51. The van der Waals surface area contributed by atoms with Crippen LogP contribution in [0.3, 0.4) is 0 Å². The molecule has 1 aromatic heterocycles. The van der Waals surface area contributed by atoms with E-state index >= 15 is 0 Å². The van der Waals surface area contributed by atoms with Crippen molar-refractivity contribution in [1.82, 2.24) is 9.88 Å². The molecule has 0 saturated heterocycles. The molecular formula is C21H22N4O. The number of carbonyl (C=O) groups is 1. The molecule has 0 aliphatic carbocycles. The van der Waals surface area contributed by atoms with Gasteiger partial charge in [-0.05, 0) is 35.7 Å². The number of hydrogen-bond acceptors (Lipinski definition) is 4. The molecule has 3 rings (SSSR count). The number of carbonyl (C=O) groups excluding carboxylic acids is 1. The summed E-state index contributed by atoms with van der Waals surface area (Å²) in [5.41, 5.74) is 2.23. The number of nitriles is 1. The standard InChI is InChI=1S/C21H22N4O/c1-15(2)19-4-3-11-25(19)14-16-5-8-18(9-6-16)21(26)24-20-10-7-17(12-22)13-23-20/h3-10,13,15,19H,11,14H2,1-2H3,(H,23,24,26)/t19-/m0/s1. The number of aromatic nitrogens is 1. The molecule has 0 bridgehead atoms. The van der Waals surface area contributed by atoms with Gasteiger partial charge in [-0.25, -0.2) is 4.98 Å². The molecule has 0 unspecified atom stereocenters. The number of pyridine rings is 1. The number of rotatable bonds is 5. The molecule has 0 radical (unpaired) electrons. The van der Waals surface area contributed by atoms with Crippen LogP contribution in [0.1, 0.15) is 35.3 Å². The number of anilines is 1. The highest BCUT2D eigenvalue weighted by atomic mass is 16.1. The van der Waals surface area contributed by atoms with Crippen molar-refractivity contribution in [3.05, 3.63) is 71.4 Å². The first-order valence-electron chi connectivity index (χ1n) is 8.74. The normalized spacial score (nSPS) is 16.6. The van der Waals surface area contributed by atoms with Crippen molar-refractivity contribution < 1.29 is 4.79 Å². The Bertz CT molecular complexity index is 832. The third-order valence-electron chi connectivity index (χ3n) is 4.51. The average Bonchev–Trinajstić information content (AvgIpc) is 3.11. The molecule has 1 aromatic carbocycles. The van der Waals surface area contributed by atoms with Gasteiger partial charge in [0.15, 0.2) is 0 Å². The summed E-state index contributed by atoms with van der Waals surface area (Å²) in [4.78, 5) is 18.8. The molecular weight excluding hydrogens is 324 g/mol. The zero-order chi connectivity index (χ0) is 18.5.